The molecule has 0 aliphatic rings. The molecule has 0 saturated heterocycles. The van der Waals surface area contributed by atoms with E-state index in [2.05, 4.69) is 31.9 Å². The number of nitriles is 1. The SMILES string of the molecule is N#Cc1ccc(F)cc1Cn1cc(Br)cc(Br)c1=O. The fraction of sp³-hybridized carbons (Fsp3) is 0.0769. The van der Waals surface area contributed by atoms with Crippen LogP contribution in [-0.2, 0) is 6.54 Å². The van der Waals surface area contributed by atoms with E-state index in [0.29, 0.717) is 20.1 Å². The summed E-state index contributed by atoms with van der Waals surface area (Å²) in [6.45, 7) is 0.136. The van der Waals surface area contributed by atoms with Crippen LogP contribution in [0, 0.1) is 17.1 Å². The Bertz CT molecular complexity index is 734. The van der Waals surface area contributed by atoms with Crippen LogP contribution in [0.5, 0.6) is 0 Å². The van der Waals surface area contributed by atoms with Gasteiger partial charge in [-0.15, -0.1) is 0 Å². The third-order valence-corrected chi connectivity index (χ3v) is 3.54. The molecule has 2 aromatic rings. The number of rotatable bonds is 2. The summed E-state index contributed by atoms with van der Waals surface area (Å²) in [4.78, 5) is 11.9. The number of aromatic nitrogens is 1. The summed E-state index contributed by atoms with van der Waals surface area (Å²) in [5.74, 6) is -0.434. The molecule has 0 aliphatic heterocycles. The lowest BCUT2D eigenvalue weighted by Gasteiger charge is -2.09. The van der Waals surface area contributed by atoms with Crippen LogP contribution in [0.4, 0.5) is 4.39 Å². The molecule has 1 aromatic heterocycles. The number of hydrogen-bond acceptors (Lipinski definition) is 2. The molecule has 0 fully saturated rings. The van der Waals surface area contributed by atoms with Crippen LogP contribution >= 0.6 is 31.9 Å². The van der Waals surface area contributed by atoms with Gasteiger partial charge in [-0.25, -0.2) is 4.39 Å². The lowest BCUT2D eigenvalue weighted by Crippen LogP contribution is -2.21. The molecular formula is C13H7Br2FN2O. The van der Waals surface area contributed by atoms with Gasteiger partial charge in [-0.2, -0.15) is 5.26 Å². The van der Waals surface area contributed by atoms with Crippen molar-refractivity contribution in [1.29, 1.82) is 5.26 Å². The summed E-state index contributed by atoms with van der Waals surface area (Å²) in [5.41, 5.74) is 0.579. The lowest BCUT2D eigenvalue weighted by molar-refractivity contribution is 0.622. The zero-order chi connectivity index (χ0) is 14.0. The molecule has 0 spiro atoms. The van der Waals surface area contributed by atoms with Crippen molar-refractivity contribution >= 4 is 31.9 Å². The van der Waals surface area contributed by atoms with Gasteiger partial charge >= 0.3 is 0 Å². The molecule has 0 bridgehead atoms. The molecule has 0 radical (unpaired) electrons. The van der Waals surface area contributed by atoms with Crippen molar-refractivity contribution in [2.24, 2.45) is 0 Å². The van der Waals surface area contributed by atoms with Crippen molar-refractivity contribution in [3.63, 3.8) is 0 Å². The van der Waals surface area contributed by atoms with Gasteiger partial charge in [0.25, 0.3) is 5.56 Å². The maximum atomic E-state index is 13.2. The number of pyridine rings is 1. The summed E-state index contributed by atoms with van der Waals surface area (Å²) < 4.78 is 15.8. The number of halogens is 3. The molecular weight excluding hydrogens is 379 g/mol. The largest absolute Gasteiger partial charge is 0.309 e. The van der Waals surface area contributed by atoms with E-state index in [9.17, 15) is 9.18 Å². The normalized spacial score (nSPS) is 10.2. The minimum atomic E-state index is -0.434. The first-order valence-electron chi connectivity index (χ1n) is 5.25. The molecule has 0 atom stereocenters. The van der Waals surface area contributed by atoms with E-state index in [1.54, 1.807) is 12.3 Å². The average molecular weight is 386 g/mol. The Morgan fingerprint density at radius 2 is 2.05 bits per heavy atom. The molecule has 1 aromatic carbocycles. The highest BCUT2D eigenvalue weighted by molar-refractivity contribution is 9.11. The van der Waals surface area contributed by atoms with Crippen molar-refractivity contribution in [3.8, 4) is 6.07 Å². The maximum Gasteiger partial charge on any atom is 0.265 e. The first-order chi connectivity index (χ1) is 9.01. The second-order valence-electron chi connectivity index (χ2n) is 3.85. The highest BCUT2D eigenvalue weighted by Crippen LogP contribution is 2.16. The summed E-state index contributed by atoms with van der Waals surface area (Å²) in [6.07, 6.45) is 1.60. The predicted molar refractivity (Wildman–Crippen MR) is 76.3 cm³/mol. The van der Waals surface area contributed by atoms with Gasteiger partial charge in [0.05, 0.1) is 22.7 Å². The highest BCUT2D eigenvalue weighted by atomic mass is 79.9. The summed E-state index contributed by atoms with van der Waals surface area (Å²) in [5, 5.41) is 8.99. The third-order valence-electron chi connectivity index (χ3n) is 2.54. The van der Waals surface area contributed by atoms with Gasteiger partial charge in [0.15, 0.2) is 0 Å². The minimum Gasteiger partial charge on any atom is -0.309 e. The summed E-state index contributed by atoms with van der Waals surface area (Å²) in [6, 6.07) is 7.51. The smallest absolute Gasteiger partial charge is 0.265 e. The molecule has 0 saturated carbocycles. The average Bonchev–Trinajstić information content (AvgIpc) is 2.35. The van der Waals surface area contributed by atoms with E-state index >= 15 is 0 Å². The van der Waals surface area contributed by atoms with E-state index in [-0.39, 0.29) is 12.1 Å². The third kappa shape index (κ3) is 3.11. The Balaban J connectivity index is 2.51. The standard InChI is InChI=1S/C13H7Br2FN2O/c14-10-4-12(15)13(19)18(7-10)6-9-3-11(16)2-1-8(9)5-17/h1-4,7H,6H2. The fourth-order valence-corrected chi connectivity index (χ4v) is 2.93. The summed E-state index contributed by atoms with van der Waals surface area (Å²) >= 11 is 6.44. The van der Waals surface area contributed by atoms with Crippen LogP contribution < -0.4 is 5.56 Å². The molecule has 0 N–H and O–H groups in total. The molecule has 3 nitrogen and oxygen atoms in total. The molecule has 96 valence electrons. The van der Waals surface area contributed by atoms with Crippen LogP contribution in [-0.4, -0.2) is 4.57 Å². The van der Waals surface area contributed by atoms with Gasteiger partial charge in [0.1, 0.15) is 5.82 Å². The fourth-order valence-electron chi connectivity index (χ4n) is 1.67. The van der Waals surface area contributed by atoms with Crippen molar-refractivity contribution in [2.75, 3.05) is 0 Å². The molecule has 0 amide bonds. The number of nitrogens with zero attached hydrogens (tertiary/aromatic N) is 2. The first-order valence-corrected chi connectivity index (χ1v) is 6.84. The van der Waals surface area contributed by atoms with Gasteiger partial charge in [0.2, 0.25) is 0 Å². The van der Waals surface area contributed by atoms with Crippen molar-refractivity contribution in [2.45, 2.75) is 6.54 Å². The van der Waals surface area contributed by atoms with Crippen molar-refractivity contribution < 1.29 is 4.39 Å². The Kier molecular flexibility index (Phi) is 4.17. The lowest BCUT2D eigenvalue weighted by atomic mass is 10.1. The quantitative estimate of drug-likeness (QED) is 0.794. The van der Waals surface area contributed by atoms with Gasteiger partial charge < -0.3 is 4.57 Å². The van der Waals surface area contributed by atoms with E-state index in [1.807, 2.05) is 6.07 Å². The van der Waals surface area contributed by atoms with E-state index in [4.69, 9.17) is 5.26 Å². The van der Waals surface area contributed by atoms with E-state index in [0.717, 1.165) is 0 Å². The Morgan fingerprint density at radius 1 is 1.32 bits per heavy atom. The van der Waals surface area contributed by atoms with Crippen LogP contribution in [0.2, 0.25) is 0 Å². The monoisotopic (exact) mass is 384 g/mol. The zero-order valence-corrected chi connectivity index (χ0v) is 12.7. The Hall–Kier alpha value is -1.45. The van der Waals surface area contributed by atoms with Gasteiger partial charge in [-0.1, -0.05) is 0 Å². The second-order valence-corrected chi connectivity index (χ2v) is 5.62. The molecule has 0 aliphatic carbocycles. The topological polar surface area (TPSA) is 45.8 Å². The highest BCUT2D eigenvalue weighted by Gasteiger charge is 2.08. The Labute approximate surface area is 125 Å². The molecule has 6 heteroatoms. The zero-order valence-electron chi connectivity index (χ0n) is 9.53. The number of hydrogen-bond donors (Lipinski definition) is 0. The van der Waals surface area contributed by atoms with Gasteiger partial charge in [0, 0.05) is 10.7 Å². The van der Waals surface area contributed by atoms with Gasteiger partial charge in [-0.05, 0) is 61.7 Å². The minimum absolute atomic E-state index is 0.136. The molecule has 19 heavy (non-hydrogen) atoms. The van der Waals surface area contributed by atoms with E-state index < -0.39 is 5.82 Å². The van der Waals surface area contributed by atoms with Gasteiger partial charge in [-0.3, -0.25) is 4.79 Å². The molecule has 1 heterocycles. The van der Waals surface area contributed by atoms with Crippen molar-refractivity contribution in [1.82, 2.24) is 4.57 Å². The van der Waals surface area contributed by atoms with E-state index in [1.165, 1.54) is 22.8 Å². The number of benzene rings is 1. The second kappa shape index (κ2) is 5.68. The van der Waals surface area contributed by atoms with Crippen LogP contribution in [0.25, 0.3) is 0 Å². The van der Waals surface area contributed by atoms with Crippen LogP contribution in [0.15, 0.2) is 44.2 Å². The Morgan fingerprint density at radius 3 is 2.74 bits per heavy atom. The summed E-state index contributed by atoms with van der Waals surface area (Å²) in [7, 11) is 0. The molecule has 2 rings (SSSR count). The maximum absolute atomic E-state index is 13.2. The molecule has 0 unspecified atom stereocenters. The predicted octanol–water partition coefficient (Wildman–Crippen LogP) is 3.43. The van der Waals surface area contributed by atoms with Crippen LogP contribution in [0.1, 0.15) is 11.1 Å². The first kappa shape index (κ1) is 14.0. The van der Waals surface area contributed by atoms with Crippen molar-refractivity contribution in [3.05, 3.63) is 66.7 Å². The van der Waals surface area contributed by atoms with Crippen LogP contribution in [0.3, 0.4) is 0 Å².